The third-order valence-corrected chi connectivity index (χ3v) is 15.4. The lowest BCUT2D eigenvalue weighted by Crippen LogP contribution is -2.70. The second-order valence-electron chi connectivity index (χ2n) is 19.7. The van der Waals surface area contributed by atoms with Crippen LogP contribution in [-0.4, -0.2) is 113 Å². The number of hydrogen-bond acceptors (Lipinski definition) is 10. The lowest BCUT2D eigenvalue weighted by molar-refractivity contribution is -0.219. The van der Waals surface area contributed by atoms with Crippen molar-refractivity contribution >= 4 is 17.6 Å². The summed E-state index contributed by atoms with van der Waals surface area (Å²) in [7, 11) is 0. The summed E-state index contributed by atoms with van der Waals surface area (Å²) >= 11 is 0. The van der Waals surface area contributed by atoms with Crippen molar-refractivity contribution in [2.24, 2.45) is 34.5 Å². The summed E-state index contributed by atoms with van der Waals surface area (Å²) in [5.41, 5.74) is -2.41. The number of benzene rings is 2. The maximum absolute atomic E-state index is 17.5. The Bertz CT molecular complexity index is 2010. The topological polar surface area (TPSA) is 167 Å². The summed E-state index contributed by atoms with van der Waals surface area (Å²) in [6.45, 7) is 11.0. The fourth-order valence-corrected chi connectivity index (χ4v) is 12.3. The van der Waals surface area contributed by atoms with Crippen LogP contribution < -0.4 is 10.6 Å². The highest BCUT2D eigenvalue weighted by Gasteiger charge is 2.75. The molecule has 0 aromatic heterocycles. The van der Waals surface area contributed by atoms with E-state index in [9.17, 15) is 29.7 Å². The predicted molar refractivity (Wildman–Crippen MR) is 236 cm³/mol. The molecule has 12 nitrogen and oxygen atoms in total. The molecule has 7 rings (SSSR count). The highest BCUT2D eigenvalue weighted by Crippen LogP contribution is 2.70. The molecule has 0 radical (unpaired) electrons. The van der Waals surface area contributed by atoms with Gasteiger partial charge in [0.25, 0.3) is 5.91 Å². The minimum Gasteiger partial charge on any atom is -0.396 e. The molecule has 5 N–H and O–H groups in total. The normalized spacial score (nSPS) is 34.9. The standard InChI is InChI=1S/C50H68FN3O9/c1-33(2)27-48(19-21-55)28-40(63-54(48)31-35-11-13-37(14-12-35)36-9-7-6-8-10-36)30-53-44(58)32-62-24-23-61-22-20-52-45(59)50(60)34(3)25-42-41-16-15-38-26-39(56)17-18-46(38,4)49(41,51)43(57)29-47(42,50)5/h6-14,17-18,26,33-34,40-43,55,57,60H,15-16,19-25,27-32H2,1-5H3,(H,52,59)(H,53,58)/t34-,40-,41+,42+,43+,46+,47+,48-,49+,50+/m1/s1. The molecule has 10 atom stereocenters. The van der Waals surface area contributed by atoms with E-state index in [1.54, 1.807) is 13.0 Å². The van der Waals surface area contributed by atoms with Gasteiger partial charge in [0, 0.05) is 43.0 Å². The first kappa shape index (κ1) is 47.2. The number of ether oxygens (including phenoxy) is 2. The number of amides is 2. The first-order valence-corrected chi connectivity index (χ1v) is 22.9. The minimum atomic E-state index is -2.04. The molecule has 5 aliphatic rings. The molecule has 2 aromatic rings. The van der Waals surface area contributed by atoms with Crippen molar-refractivity contribution in [1.29, 1.82) is 0 Å². The number of aliphatic hydroxyl groups excluding tert-OH is 2. The van der Waals surface area contributed by atoms with Crippen LogP contribution >= 0.6 is 0 Å². The largest absolute Gasteiger partial charge is 0.396 e. The van der Waals surface area contributed by atoms with E-state index in [-0.39, 0.29) is 75.3 Å². The van der Waals surface area contributed by atoms with Gasteiger partial charge in [0.05, 0.1) is 37.6 Å². The van der Waals surface area contributed by atoms with Gasteiger partial charge in [-0.05, 0) is 98.5 Å². The summed E-state index contributed by atoms with van der Waals surface area (Å²) in [6.07, 6.45) is 6.08. The minimum absolute atomic E-state index is 0.0264. The highest BCUT2D eigenvalue weighted by atomic mass is 19.1. The highest BCUT2D eigenvalue weighted by molar-refractivity contribution is 6.01. The van der Waals surface area contributed by atoms with Crippen molar-refractivity contribution in [2.45, 2.75) is 115 Å². The van der Waals surface area contributed by atoms with Crippen LogP contribution in [0.15, 0.2) is 78.4 Å². The number of hydroxylamine groups is 2. The van der Waals surface area contributed by atoms with Crippen molar-refractivity contribution in [3.63, 3.8) is 0 Å². The Kier molecular flexibility index (Phi) is 14.2. The molecule has 1 heterocycles. The lowest BCUT2D eigenvalue weighted by Gasteiger charge is -2.62. The number of nitrogens with one attached hydrogen (secondary N) is 2. The Labute approximate surface area is 371 Å². The second-order valence-corrected chi connectivity index (χ2v) is 19.7. The van der Waals surface area contributed by atoms with Crippen molar-refractivity contribution in [1.82, 2.24) is 15.7 Å². The molecule has 1 aliphatic heterocycles. The van der Waals surface area contributed by atoms with Crippen molar-refractivity contribution in [2.75, 3.05) is 46.1 Å². The number of allylic oxidation sites excluding steroid dienone is 4. The molecule has 13 heteroatoms. The van der Waals surface area contributed by atoms with E-state index < -0.39 is 45.9 Å². The number of carbonyl (C=O) groups is 3. The van der Waals surface area contributed by atoms with Crippen LogP contribution in [0.1, 0.15) is 85.1 Å². The molecule has 0 bridgehead atoms. The molecule has 4 fully saturated rings. The summed E-state index contributed by atoms with van der Waals surface area (Å²) in [5.74, 6) is -2.11. The Morgan fingerprint density at radius 3 is 2.41 bits per heavy atom. The fraction of sp³-hybridized carbons (Fsp3) is 0.620. The first-order valence-electron chi connectivity index (χ1n) is 22.9. The summed E-state index contributed by atoms with van der Waals surface area (Å²) in [6, 6.07) is 18.7. The average molecular weight is 874 g/mol. The first-order chi connectivity index (χ1) is 30.0. The van der Waals surface area contributed by atoms with Crippen molar-refractivity contribution < 1.29 is 48.4 Å². The Hall–Kier alpha value is -3.82. The zero-order valence-corrected chi connectivity index (χ0v) is 37.6. The van der Waals surface area contributed by atoms with Gasteiger partial charge in [-0.25, -0.2) is 4.39 Å². The molecule has 0 spiro atoms. The molecule has 4 aliphatic carbocycles. The third-order valence-electron chi connectivity index (χ3n) is 15.4. The van der Waals surface area contributed by atoms with E-state index in [1.807, 2.05) is 37.1 Å². The number of hydrogen-bond donors (Lipinski definition) is 5. The van der Waals surface area contributed by atoms with E-state index in [1.165, 1.54) is 12.2 Å². The van der Waals surface area contributed by atoms with Crippen LogP contribution in [0.2, 0.25) is 0 Å². The van der Waals surface area contributed by atoms with Gasteiger partial charge >= 0.3 is 0 Å². The van der Waals surface area contributed by atoms with Gasteiger partial charge in [-0.3, -0.25) is 19.2 Å². The van der Waals surface area contributed by atoms with E-state index in [0.29, 0.717) is 56.7 Å². The zero-order chi connectivity index (χ0) is 45.2. The van der Waals surface area contributed by atoms with Gasteiger partial charge in [-0.2, -0.15) is 5.06 Å². The smallest absolute Gasteiger partial charge is 0.252 e. The van der Waals surface area contributed by atoms with Crippen LogP contribution in [-0.2, 0) is 35.2 Å². The molecule has 2 aromatic carbocycles. The number of halogens is 1. The predicted octanol–water partition coefficient (Wildman–Crippen LogP) is 5.64. The number of nitrogens with zero attached hydrogens (tertiary/aromatic N) is 1. The molecule has 0 unspecified atom stereocenters. The van der Waals surface area contributed by atoms with Crippen LogP contribution in [0, 0.1) is 34.5 Å². The average Bonchev–Trinajstić information content (AvgIpc) is 3.68. The van der Waals surface area contributed by atoms with Gasteiger partial charge in [-0.1, -0.05) is 93.9 Å². The SMILES string of the molecule is CC(C)C[C@]1(CCO)C[C@H](CNC(=O)COCCOCCNC(=O)[C@@]2(O)[C@H](C)C[C@H]3[C@@H]4CCC5=CC(=O)C=C[C@]5(C)[C@@]4(F)[C@@H](O)C[C@@]32C)ON1Cc1ccc(-c2ccccc2)cc1. The number of rotatable bonds is 18. The van der Waals surface area contributed by atoms with Crippen molar-refractivity contribution in [3.05, 3.63) is 84.0 Å². The summed E-state index contributed by atoms with van der Waals surface area (Å²) in [4.78, 5) is 45.3. The van der Waals surface area contributed by atoms with E-state index in [2.05, 4.69) is 60.9 Å². The number of fused-ring (bicyclic) bond motifs is 5. The molecule has 344 valence electrons. The molecule has 1 saturated heterocycles. The Balaban J connectivity index is 0.835. The molecule has 63 heavy (non-hydrogen) atoms. The summed E-state index contributed by atoms with van der Waals surface area (Å²) in [5, 5.41) is 41.7. The van der Waals surface area contributed by atoms with Gasteiger partial charge in [0.1, 0.15) is 6.61 Å². The van der Waals surface area contributed by atoms with E-state index >= 15 is 4.39 Å². The number of alkyl halides is 1. The molecular formula is C50H68FN3O9. The third kappa shape index (κ3) is 8.83. The number of carbonyl (C=O) groups excluding carboxylic acids is 3. The van der Waals surface area contributed by atoms with Gasteiger partial charge < -0.3 is 35.4 Å². The number of ketones is 1. The maximum Gasteiger partial charge on any atom is 0.252 e. The van der Waals surface area contributed by atoms with Crippen LogP contribution in [0.5, 0.6) is 0 Å². The lowest BCUT2D eigenvalue weighted by atomic mass is 9.44. The van der Waals surface area contributed by atoms with E-state index in [0.717, 1.165) is 23.1 Å². The fourth-order valence-electron chi connectivity index (χ4n) is 12.3. The monoisotopic (exact) mass is 873 g/mol. The molecule has 2 amide bonds. The molecular weight excluding hydrogens is 806 g/mol. The van der Waals surface area contributed by atoms with Crippen LogP contribution in [0.4, 0.5) is 4.39 Å². The maximum atomic E-state index is 17.5. The Morgan fingerprint density at radius 2 is 1.70 bits per heavy atom. The quantitative estimate of drug-likeness (QED) is 0.118. The van der Waals surface area contributed by atoms with Gasteiger partial charge in [0.15, 0.2) is 17.1 Å². The van der Waals surface area contributed by atoms with Crippen molar-refractivity contribution in [3.8, 4) is 11.1 Å². The van der Waals surface area contributed by atoms with E-state index in [4.69, 9.17) is 14.3 Å². The van der Waals surface area contributed by atoms with Crippen LogP contribution in [0.25, 0.3) is 11.1 Å². The summed E-state index contributed by atoms with van der Waals surface area (Å²) < 4.78 is 28.7. The molecule has 3 saturated carbocycles. The van der Waals surface area contributed by atoms with Crippen LogP contribution in [0.3, 0.4) is 0 Å². The van der Waals surface area contributed by atoms with Gasteiger partial charge in [-0.15, -0.1) is 0 Å². The number of aliphatic hydroxyl groups is 3. The zero-order valence-electron chi connectivity index (χ0n) is 37.6. The van der Waals surface area contributed by atoms with Gasteiger partial charge in [0.2, 0.25) is 5.91 Å². The second kappa shape index (κ2) is 19.0. The Morgan fingerprint density at radius 1 is 0.984 bits per heavy atom.